The molecule has 1 atom stereocenters. The molecule has 0 aliphatic heterocycles. The summed E-state index contributed by atoms with van der Waals surface area (Å²) >= 11 is 0. The van der Waals surface area contributed by atoms with E-state index in [9.17, 15) is 0 Å². The van der Waals surface area contributed by atoms with Crippen molar-refractivity contribution in [2.24, 2.45) is 5.73 Å². The molecule has 0 heterocycles. The fourth-order valence-corrected chi connectivity index (χ4v) is 1.95. The maximum Gasteiger partial charge on any atom is 0.137 e. The molecule has 0 saturated carbocycles. The second-order valence-corrected chi connectivity index (χ2v) is 4.79. The molecule has 2 N–H and O–H groups in total. The van der Waals surface area contributed by atoms with Crippen LogP contribution in [0.1, 0.15) is 29.7 Å². The van der Waals surface area contributed by atoms with Crippen LogP contribution in [0.2, 0.25) is 0 Å². The monoisotopic (exact) mass is 282 g/mol. The number of nitriles is 1. The highest BCUT2D eigenvalue weighted by molar-refractivity contribution is 5.45. The van der Waals surface area contributed by atoms with Gasteiger partial charge in [-0.1, -0.05) is 18.2 Å². The minimum absolute atomic E-state index is 0.0156. The summed E-state index contributed by atoms with van der Waals surface area (Å²) in [5, 5.41) is 8.95. The SMILES string of the molecule is COc1cc(COc2ccc([C@H](C)N)cc2)ccc1C#N. The summed E-state index contributed by atoms with van der Waals surface area (Å²) in [7, 11) is 1.55. The van der Waals surface area contributed by atoms with Crippen LogP contribution in [0, 0.1) is 11.3 Å². The maximum absolute atomic E-state index is 8.95. The summed E-state index contributed by atoms with van der Waals surface area (Å²) in [6.45, 7) is 2.36. The Balaban J connectivity index is 2.04. The number of methoxy groups -OCH3 is 1. The van der Waals surface area contributed by atoms with E-state index in [-0.39, 0.29) is 6.04 Å². The van der Waals surface area contributed by atoms with Crippen LogP contribution in [0.25, 0.3) is 0 Å². The lowest BCUT2D eigenvalue weighted by Gasteiger charge is -2.10. The minimum Gasteiger partial charge on any atom is -0.495 e. The molecule has 0 unspecified atom stereocenters. The van der Waals surface area contributed by atoms with Gasteiger partial charge < -0.3 is 15.2 Å². The molecule has 0 aliphatic rings. The third-order valence-electron chi connectivity index (χ3n) is 3.20. The number of rotatable bonds is 5. The average molecular weight is 282 g/mol. The zero-order valence-corrected chi connectivity index (χ0v) is 12.2. The molecule has 2 rings (SSSR count). The first-order valence-corrected chi connectivity index (χ1v) is 6.69. The van der Waals surface area contributed by atoms with E-state index in [2.05, 4.69) is 6.07 Å². The first-order valence-electron chi connectivity index (χ1n) is 6.69. The van der Waals surface area contributed by atoms with Crippen molar-refractivity contribution in [3.63, 3.8) is 0 Å². The summed E-state index contributed by atoms with van der Waals surface area (Å²) in [6.07, 6.45) is 0. The Bertz CT molecular complexity index is 643. The quantitative estimate of drug-likeness (QED) is 0.914. The molecule has 0 amide bonds. The standard InChI is InChI=1S/C17H18N2O2/c1-12(19)14-5-7-16(8-6-14)21-11-13-3-4-15(10-18)17(9-13)20-2/h3-9,12H,11,19H2,1-2H3/t12-/m0/s1. The van der Waals surface area contributed by atoms with E-state index in [4.69, 9.17) is 20.5 Å². The molecule has 0 aromatic heterocycles. The van der Waals surface area contributed by atoms with E-state index in [0.717, 1.165) is 16.9 Å². The van der Waals surface area contributed by atoms with Crippen molar-refractivity contribution in [3.05, 3.63) is 59.2 Å². The number of hydrogen-bond donors (Lipinski definition) is 1. The molecule has 4 heteroatoms. The highest BCUT2D eigenvalue weighted by atomic mass is 16.5. The van der Waals surface area contributed by atoms with Gasteiger partial charge in [-0.15, -0.1) is 0 Å². The van der Waals surface area contributed by atoms with Gasteiger partial charge in [0.15, 0.2) is 0 Å². The zero-order valence-electron chi connectivity index (χ0n) is 12.2. The van der Waals surface area contributed by atoms with Gasteiger partial charge in [-0.2, -0.15) is 5.26 Å². The van der Waals surface area contributed by atoms with Crippen LogP contribution >= 0.6 is 0 Å². The maximum atomic E-state index is 8.95. The van der Waals surface area contributed by atoms with E-state index in [0.29, 0.717) is 17.9 Å². The Morgan fingerprint density at radius 3 is 2.48 bits per heavy atom. The summed E-state index contributed by atoms with van der Waals surface area (Å²) in [6, 6.07) is 15.2. The zero-order chi connectivity index (χ0) is 15.2. The van der Waals surface area contributed by atoms with Crippen LogP contribution in [0.4, 0.5) is 0 Å². The van der Waals surface area contributed by atoms with Gasteiger partial charge in [0.25, 0.3) is 0 Å². The van der Waals surface area contributed by atoms with Gasteiger partial charge in [-0.3, -0.25) is 0 Å². The van der Waals surface area contributed by atoms with Gasteiger partial charge in [-0.25, -0.2) is 0 Å². The predicted molar refractivity (Wildman–Crippen MR) is 81.1 cm³/mol. The third kappa shape index (κ3) is 3.74. The van der Waals surface area contributed by atoms with E-state index in [1.165, 1.54) is 0 Å². The van der Waals surface area contributed by atoms with Crippen LogP contribution in [0.3, 0.4) is 0 Å². The van der Waals surface area contributed by atoms with Gasteiger partial charge in [-0.05, 0) is 42.3 Å². The van der Waals surface area contributed by atoms with Crippen molar-refractivity contribution in [2.75, 3.05) is 7.11 Å². The third-order valence-corrected chi connectivity index (χ3v) is 3.20. The van der Waals surface area contributed by atoms with Crippen LogP contribution in [-0.4, -0.2) is 7.11 Å². The van der Waals surface area contributed by atoms with Crippen LogP contribution in [-0.2, 0) is 6.61 Å². The minimum atomic E-state index is 0.0156. The Morgan fingerprint density at radius 2 is 1.90 bits per heavy atom. The van der Waals surface area contributed by atoms with Crippen LogP contribution < -0.4 is 15.2 Å². The molecule has 0 radical (unpaired) electrons. The van der Waals surface area contributed by atoms with Crippen molar-refractivity contribution in [2.45, 2.75) is 19.6 Å². The number of benzene rings is 2. The average Bonchev–Trinajstić information content (AvgIpc) is 2.52. The molecular weight excluding hydrogens is 264 g/mol. The van der Waals surface area contributed by atoms with Crippen molar-refractivity contribution >= 4 is 0 Å². The molecule has 108 valence electrons. The largest absolute Gasteiger partial charge is 0.495 e. The Morgan fingerprint density at radius 1 is 1.19 bits per heavy atom. The molecule has 2 aromatic carbocycles. The first kappa shape index (κ1) is 14.9. The summed E-state index contributed by atoms with van der Waals surface area (Å²) < 4.78 is 10.9. The Kier molecular flexibility index (Phi) is 4.81. The van der Waals surface area contributed by atoms with Gasteiger partial charge >= 0.3 is 0 Å². The molecule has 0 aliphatic carbocycles. The van der Waals surface area contributed by atoms with E-state index >= 15 is 0 Å². The molecule has 0 fully saturated rings. The van der Waals surface area contributed by atoms with E-state index in [1.807, 2.05) is 43.3 Å². The first-order chi connectivity index (χ1) is 10.1. The van der Waals surface area contributed by atoms with E-state index in [1.54, 1.807) is 13.2 Å². The van der Waals surface area contributed by atoms with Crippen molar-refractivity contribution < 1.29 is 9.47 Å². The number of nitrogens with two attached hydrogens (primary N) is 1. The topological polar surface area (TPSA) is 68.3 Å². The predicted octanol–water partition coefficient (Wildman–Crippen LogP) is 3.17. The summed E-state index contributed by atoms with van der Waals surface area (Å²) in [5.41, 5.74) is 8.34. The van der Waals surface area contributed by atoms with Crippen molar-refractivity contribution in [1.29, 1.82) is 5.26 Å². The molecule has 0 spiro atoms. The summed E-state index contributed by atoms with van der Waals surface area (Å²) in [5.74, 6) is 1.34. The van der Waals surface area contributed by atoms with Crippen LogP contribution in [0.15, 0.2) is 42.5 Å². The highest BCUT2D eigenvalue weighted by Crippen LogP contribution is 2.21. The molecule has 0 saturated heterocycles. The second-order valence-electron chi connectivity index (χ2n) is 4.79. The highest BCUT2D eigenvalue weighted by Gasteiger charge is 2.05. The van der Waals surface area contributed by atoms with Crippen molar-refractivity contribution in [1.82, 2.24) is 0 Å². The number of ether oxygens (including phenoxy) is 2. The smallest absolute Gasteiger partial charge is 0.137 e. The van der Waals surface area contributed by atoms with Crippen molar-refractivity contribution in [3.8, 4) is 17.6 Å². The van der Waals surface area contributed by atoms with E-state index < -0.39 is 0 Å². The summed E-state index contributed by atoms with van der Waals surface area (Å²) in [4.78, 5) is 0. The molecule has 21 heavy (non-hydrogen) atoms. The lowest BCUT2D eigenvalue weighted by Crippen LogP contribution is -2.04. The van der Waals surface area contributed by atoms with Gasteiger partial charge in [0, 0.05) is 6.04 Å². The van der Waals surface area contributed by atoms with Gasteiger partial charge in [0.05, 0.1) is 12.7 Å². The fraction of sp³-hybridized carbons (Fsp3) is 0.235. The number of hydrogen-bond acceptors (Lipinski definition) is 4. The fourth-order valence-electron chi connectivity index (χ4n) is 1.95. The lowest BCUT2D eigenvalue weighted by molar-refractivity contribution is 0.305. The van der Waals surface area contributed by atoms with Crippen LogP contribution in [0.5, 0.6) is 11.5 Å². The molecule has 4 nitrogen and oxygen atoms in total. The second kappa shape index (κ2) is 6.78. The lowest BCUT2D eigenvalue weighted by atomic mass is 10.1. The van der Waals surface area contributed by atoms with Gasteiger partial charge in [0.1, 0.15) is 24.2 Å². The Labute approximate surface area is 124 Å². The Hall–Kier alpha value is -2.51. The van der Waals surface area contributed by atoms with Gasteiger partial charge in [0.2, 0.25) is 0 Å². The molecule has 2 aromatic rings. The molecule has 0 bridgehead atoms. The molecular formula is C17H18N2O2. The number of nitrogens with zero attached hydrogens (tertiary/aromatic N) is 1. The normalized spacial score (nSPS) is 11.5.